The number of benzene rings is 1. The molecule has 3 rings (SSSR count). The summed E-state index contributed by atoms with van der Waals surface area (Å²) < 4.78 is 2.48. The van der Waals surface area contributed by atoms with Gasteiger partial charge < -0.3 is 5.11 Å². The number of hydrogen-bond acceptors (Lipinski definition) is 3. The third-order valence-corrected chi connectivity index (χ3v) is 3.30. The highest BCUT2D eigenvalue weighted by Crippen LogP contribution is 2.21. The van der Waals surface area contributed by atoms with Crippen LogP contribution in [0.15, 0.2) is 47.1 Å². The van der Waals surface area contributed by atoms with Crippen LogP contribution < -0.4 is 0 Å². The Bertz CT molecular complexity index is 782. The largest absolute Gasteiger partial charge is 0.478 e. The lowest BCUT2D eigenvalue weighted by Crippen LogP contribution is -1.96. The van der Waals surface area contributed by atoms with Crippen LogP contribution >= 0.6 is 15.9 Å². The lowest BCUT2D eigenvalue weighted by molar-refractivity contribution is 0.0697. The molecule has 0 amide bonds. The predicted molar refractivity (Wildman–Crippen MR) is 73.1 cm³/mol. The molecule has 0 radical (unpaired) electrons. The molecule has 0 unspecified atom stereocenters. The first-order valence-corrected chi connectivity index (χ1v) is 6.29. The maximum Gasteiger partial charge on any atom is 0.335 e. The predicted octanol–water partition coefficient (Wildman–Crippen LogP) is 2.86. The molecule has 0 saturated carbocycles. The molecule has 3 aromatic rings. The van der Waals surface area contributed by atoms with Crippen molar-refractivity contribution >= 4 is 27.5 Å². The topological polar surface area (TPSA) is 67.5 Å². The van der Waals surface area contributed by atoms with E-state index in [2.05, 4.69) is 26.0 Å². The third kappa shape index (κ3) is 2.10. The van der Waals surface area contributed by atoms with Crippen LogP contribution in [0.1, 0.15) is 10.4 Å². The van der Waals surface area contributed by atoms with Crippen LogP contribution in [0.2, 0.25) is 0 Å². The summed E-state index contributed by atoms with van der Waals surface area (Å²) in [6.07, 6.45) is 1.79. The lowest BCUT2D eigenvalue weighted by Gasteiger charge is -1.97. The fraction of sp³-hybridized carbons (Fsp3) is 0. The van der Waals surface area contributed by atoms with E-state index < -0.39 is 5.97 Å². The molecule has 2 heterocycles. The number of rotatable bonds is 2. The normalized spacial score (nSPS) is 10.8. The van der Waals surface area contributed by atoms with E-state index in [-0.39, 0.29) is 5.56 Å². The zero-order chi connectivity index (χ0) is 13.4. The van der Waals surface area contributed by atoms with Gasteiger partial charge in [-0.2, -0.15) is 0 Å². The SMILES string of the molecule is O=C(O)c1cccc(-c2nc3c(Br)cccn3n2)c1. The smallest absolute Gasteiger partial charge is 0.335 e. The number of fused-ring (bicyclic) bond motifs is 1. The Hall–Kier alpha value is -2.21. The standard InChI is InChI=1S/C13H8BrN3O2/c14-10-5-2-6-17-12(10)15-11(16-17)8-3-1-4-9(7-8)13(18)19/h1-7H,(H,18,19). The molecule has 0 bridgehead atoms. The van der Waals surface area contributed by atoms with Crippen molar-refractivity contribution in [1.82, 2.24) is 14.6 Å². The van der Waals surface area contributed by atoms with Crippen molar-refractivity contribution in [2.45, 2.75) is 0 Å². The Labute approximate surface area is 116 Å². The van der Waals surface area contributed by atoms with Crippen LogP contribution in [0.25, 0.3) is 17.0 Å². The van der Waals surface area contributed by atoms with Gasteiger partial charge in [0, 0.05) is 11.8 Å². The Morgan fingerprint density at radius 2 is 2.11 bits per heavy atom. The van der Waals surface area contributed by atoms with Gasteiger partial charge in [-0.1, -0.05) is 12.1 Å². The first-order chi connectivity index (χ1) is 9.15. The summed E-state index contributed by atoms with van der Waals surface area (Å²) in [7, 11) is 0. The summed E-state index contributed by atoms with van der Waals surface area (Å²) in [6, 6.07) is 10.3. The van der Waals surface area contributed by atoms with Crippen molar-refractivity contribution in [2.75, 3.05) is 0 Å². The molecule has 5 nitrogen and oxygen atoms in total. The van der Waals surface area contributed by atoms with E-state index in [0.29, 0.717) is 17.0 Å². The molecule has 0 saturated heterocycles. The number of aromatic carboxylic acids is 1. The molecule has 1 aromatic carbocycles. The fourth-order valence-electron chi connectivity index (χ4n) is 1.79. The van der Waals surface area contributed by atoms with Crippen molar-refractivity contribution in [3.63, 3.8) is 0 Å². The van der Waals surface area contributed by atoms with E-state index in [1.54, 1.807) is 28.9 Å². The quantitative estimate of drug-likeness (QED) is 0.789. The fourth-order valence-corrected chi connectivity index (χ4v) is 2.21. The number of pyridine rings is 1. The minimum absolute atomic E-state index is 0.218. The Morgan fingerprint density at radius 1 is 1.26 bits per heavy atom. The van der Waals surface area contributed by atoms with Crippen molar-refractivity contribution in [2.24, 2.45) is 0 Å². The molecule has 0 aliphatic heterocycles. The van der Waals surface area contributed by atoms with Crippen LogP contribution in [-0.2, 0) is 0 Å². The molecule has 0 spiro atoms. The Balaban J connectivity index is 2.16. The molecule has 0 aliphatic rings. The Kier molecular flexibility index (Phi) is 2.79. The lowest BCUT2D eigenvalue weighted by atomic mass is 10.1. The number of aromatic nitrogens is 3. The van der Waals surface area contributed by atoms with E-state index >= 15 is 0 Å². The monoisotopic (exact) mass is 317 g/mol. The number of hydrogen-bond donors (Lipinski definition) is 1. The molecule has 1 N–H and O–H groups in total. The van der Waals surface area contributed by atoms with Crippen LogP contribution in [0, 0.1) is 0 Å². The van der Waals surface area contributed by atoms with Gasteiger partial charge in [-0.25, -0.2) is 14.3 Å². The Morgan fingerprint density at radius 3 is 2.84 bits per heavy atom. The minimum Gasteiger partial charge on any atom is -0.478 e. The van der Waals surface area contributed by atoms with Gasteiger partial charge in [-0.3, -0.25) is 0 Å². The second-order valence-corrected chi connectivity index (χ2v) is 4.80. The van der Waals surface area contributed by atoms with E-state index in [1.165, 1.54) is 6.07 Å². The zero-order valence-electron chi connectivity index (χ0n) is 9.62. The van der Waals surface area contributed by atoms with Crippen molar-refractivity contribution in [1.29, 1.82) is 0 Å². The van der Waals surface area contributed by atoms with Crippen LogP contribution in [-0.4, -0.2) is 25.7 Å². The van der Waals surface area contributed by atoms with Crippen LogP contribution in [0.4, 0.5) is 0 Å². The van der Waals surface area contributed by atoms with E-state index in [0.717, 1.165) is 4.47 Å². The van der Waals surface area contributed by atoms with Crippen LogP contribution in [0.5, 0.6) is 0 Å². The maximum atomic E-state index is 11.0. The molecule has 94 valence electrons. The average molecular weight is 318 g/mol. The molecular weight excluding hydrogens is 310 g/mol. The molecule has 6 heteroatoms. The summed E-state index contributed by atoms with van der Waals surface area (Å²) in [5.41, 5.74) is 1.59. The van der Waals surface area contributed by atoms with Gasteiger partial charge >= 0.3 is 5.97 Å². The minimum atomic E-state index is -0.966. The average Bonchev–Trinajstić information content (AvgIpc) is 2.84. The van der Waals surface area contributed by atoms with Gasteiger partial charge in [0.1, 0.15) is 0 Å². The molecule has 19 heavy (non-hydrogen) atoms. The summed E-state index contributed by atoms with van der Waals surface area (Å²) in [4.78, 5) is 15.4. The second-order valence-electron chi connectivity index (χ2n) is 3.95. The maximum absolute atomic E-state index is 11.0. The first-order valence-electron chi connectivity index (χ1n) is 5.50. The van der Waals surface area contributed by atoms with Gasteiger partial charge in [-0.05, 0) is 40.2 Å². The van der Waals surface area contributed by atoms with E-state index in [1.807, 2.05) is 12.1 Å². The highest BCUT2D eigenvalue weighted by molar-refractivity contribution is 9.10. The van der Waals surface area contributed by atoms with Crippen molar-refractivity contribution in [3.05, 3.63) is 52.6 Å². The zero-order valence-corrected chi connectivity index (χ0v) is 11.2. The van der Waals surface area contributed by atoms with Crippen LogP contribution in [0.3, 0.4) is 0 Å². The number of halogens is 1. The highest BCUT2D eigenvalue weighted by atomic mass is 79.9. The van der Waals surface area contributed by atoms with E-state index in [4.69, 9.17) is 5.11 Å². The first kappa shape index (κ1) is 11.9. The van der Waals surface area contributed by atoms with Gasteiger partial charge in [-0.15, -0.1) is 5.10 Å². The van der Waals surface area contributed by atoms with Gasteiger partial charge in [0.05, 0.1) is 10.0 Å². The van der Waals surface area contributed by atoms with Gasteiger partial charge in [0.15, 0.2) is 11.5 Å². The molecule has 0 fully saturated rings. The molecule has 0 atom stereocenters. The highest BCUT2D eigenvalue weighted by Gasteiger charge is 2.10. The number of carbonyl (C=O) groups is 1. The van der Waals surface area contributed by atoms with Gasteiger partial charge in [0.25, 0.3) is 0 Å². The number of nitrogens with zero attached hydrogens (tertiary/aromatic N) is 3. The number of carboxylic acid groups (broad SMARTS) is 1. The van der Waals surface area contributed by atoms with Crippen molar-refractivity contribution in [3.8, 4) is 11.4 Å². The second kappa shape index (κ2) is 4.47. The summed E-state index contributed by atoms with van der Waals surface area (Å²) in [6.45, 7) is 0. The van der Waals surface area contributed by atoms with Crippen molar-refractivity contribution < 1.29 is 9.90 Å². The molecule has 2 aromatic heterocycles. The third-order valence-electron chi connectivity index (χ3n) is 2.68. The summed E-state index contributed by atoms with van der Waals surface area (Å²) in [5, 5.41) is 13.3. The number of carboxylic acids is 1. The molecule has 0 aliphatic carbocycles. The van der Waals surface area contributed by atoms with Gasteiger partial charge in [0.2, 0.25) is 0 Å². The molecular formula is C13H8BrN3O2. The summed E-state index contributed by atoms with van der Waals surface area (Å²) in [5.74, 6) is -0.471. The van der Waals surface area contributed by atoms with E-state index in [9.17, 15) is 4.79 Å². The summed E-state index contributed by atoms with van der Waals surface area (Å²) >= 11 is 3.40.